The first-order valence-electron chi connectivity index (χ1n) is 6.85. The van der Waals surface area contributed by atoms with Gasteiger partial charge in [-0.2, -0.15) is 5.26 Å². The zero-order valence-corrected chi connectivity index (χ0v) is 12.4. The Morgan fingerprint density at radius 1 is 1.35 bits per heavy atom. The third kappa shape index (κ3) is 7.74. The molecule has 0 rings (SSSR count). The Kier molecular flexibility index (Phi) is 9.39. The maximum atomic E-state index is 11.8. The van der Waals surface area contributed by atoms with E-state index in [0.717, 1.165) is 0 Å². The van der Waals surface area contributed by atoms with Crippen molar-refractivity contribution in [1.82, 2.24) is 5.32 Å². The number of unbranched alkanes of at least 4 members (excludes halogenated alkanes) is 2. The van der Waals surface area contributed by atoms with Crippen molar-refractivity contribution in [3.63, 3.8) is 0 Å². The van der Waals surface area contributed by atoms with Gasteiger partial charge in [0.15, 0.2) is 0 Å². The fourth-order valence-electron chi connectivity index (χ4n) is 1.77. The number of aliphatic hydroxyl groups excluding tert-OH is 1. The molecule has 0 radical (unpaired) electrons. The van der Waals surface area contributed by atoms with Gasteiger partial charge in [0.1, 0.15) is 12.1 Å². The Labute approximate surface area is 120 Å². The Hall–Kier alpha value is -1.61. The summed E-state index contributed by atoms with van der Waals surface area (Å²) in [6, 6.07) is 1.25. The number of amides is 1. The second kappa shape index (κ2) is 10.2. The van der Waals surface area contributed by atoms with Crippen molar-refractivity contribution in [2.45, 2.75) is 58.1 Å². The number of methoxy groups -OCH3 is 1. The third-order valence-electron chi connectivity index (χ3n) is 2.83. The van der Waals surface area contributed by atoms with E-state index in [1.807, 2.05) is 19.9 Å². The predicted molar refractivity (Wildman–Crippen MR) is 73.5 cm³/mol. The lowest BCUT2D eigenvalue weighted by Gasteiger charge is -2.19. The summed E-state index contributed by atoms with van der Waals surface area (Å²) in [5.74, 6) is -0.913. The lowest BCUT2D eigenvalue weighted by molar-refractivity contribution is -0.146. The van der Waals surface area contributed by atoms with E-state index in [0.29, 0.717) is 32.1 Å². The van der Waals surface area contributed by atoms with Gasteiger partial charge >= 0.3 is 5.97 Å². The average Bonchev–Trinajstić information content (AvgIpc) is 2.40. The van der Waals surface area contributed by atoms with Crippen LogP contribution in [0.1, 0.15) is 46.0 Å². The molecular formula is C14H24N2O4. The number of aliphatic hydroxyl groups is 1. The molecule has 2 N–H and O–H groups in total. The lowest BCUT2D eigenvalue weighted by Crippen LogP contribution is -2.46. The summed E-state index contributed by atoms with van der Waals surface area (Å²) in [4.78, 5) is 23.3. The molecule has 0 aromatic carbocycles. The maximum absolute atomic E-state index is 11.8. The van der Waals surface area contributed by atoms with Crippen molar-refractivity contribution in [1.29, 1.82) is 5.26 Å². The van der Waals surface area contributed by atoms with Crippen molar-refractivity contribution >= 4 is 11.9 Å². The zero-order chi connectivity index (χ0) is 15.5. The predicted octanol–water partition coefficient (Wildman–Crippen LogP) is 1.14. The van der Waals surface area contributed by atoms with E-state index in [9.17, 15) is 14.7 Å². The molecule has 0 aliphatic rings. The van der Waals surface area contributed by atoms with Gasteiger partial charge in [-0.3, -0.25) is 4.79 Å². The fraction of sp³-hybridized carbons (Fsp3) is 0.786. The number of carbonyl (C=O) groups excluding carboxylic acids is 2. The number of hydrogen-bond donors (Lipinski definition) is 2. The van der Waals surface area contributed by atoms with Crippen LogP contribution in [0.25, 0.3) is 0 Å². The van der Waals surface area contributed by atoms with Gasteiger partial charge in [-0.1, -0.05) is 13.8 Å². The van der Waals surface area contributed by atoms with Crippen LogP contribution < -0.4 is 5.32 Å². The van der Waals surface area contributed by atoms with Crippen molar-refractivity contribution < 1.29 is 19.4 Å². The normalized spacial score (nSPS) is 13.4. The monoisotopic (exact) mass is 284 g/mol. The van der Waals surface area contributed by atoms with Gasteiger partial charge in [0.2, 0.25) is 5.91 Å². The molecule has 0 saturated heterocycles. The van der Waals surface area contributed by atoms with Gasteiger partial charge in [0.25, 0.3) is 0 Å². The second-order valence-electron chi connectivity index (χ2n) is 5.13. The van der Waals surface area contributed by atoms with Crippen LogP contribution in [0.3, 0.4) is 0 Å². The number of carbonyl (C=O) groups is 2. The van der Waals surface area contributed by atoms with Crippen LogP contribution >= 0.6 is 0 Å². The smallest absolute Gasteiger partial charge is 0.328 e. The molecule has 0 unspecified atom stereocenters. The molecular weight excluding hydrogens is 260 g/mol. The number of ether oxygens (including phenoxy) is 1. The molecule has 6 heteroatoms. The number of rotatable bonds is 9. The standard InChI is InChI=1S/C14H24N2O4/c1-10(2)9-12(17)13(18)16-11(14(19)20-3)7-5-4-6-8-15/h10-12,17H,4-7,9H2,1-3H3,(H,16,18)/t11-,12+/m1/s1. The van der Waals surface area contributed by atoms with Crippen LogP contribution in [-0.2, 0) is 14.3 Å². The van der Waals surface area contributed by atoms with Gasteiger partial charge < -0.3 is 15.2 Å². The summed E-state index contributed by atoms with van der Waals surface area (Å²) < 4.78 is 4.63. The van der Waals surface area contributed by atoms with E-state index in [1.54, 1.807) is 0 Å². The van der Waals surface area contributed by atoms with E-state index in [1.165, 1.54) is 7.11 Å². The molecule has 114 valence electrons. The van der Waals surface area contributed by atoms with Crippen molar-refractivity contribution in [2.75, 3.05) is 7.11 Å². The molecule has 0 aliphatic heterocycles. The van der Waals surface area contributed by atoms with Gasteiger partial charge in [-0.25, -0.2) is 4.79 Å². The van der Waals surface area contributed by atoms with Gasteiger partial charge in [-0.05, 0) is 31.6 Å². The van der Waals surface area contributed by atoms with Crippen LogP contribution in [0.2, 0.25) is 0 Å². The van der Waals surface area contributed by atoms with E-state index < -0.39 is 24.0 Å². The SMILES string of the molecule is COC(=O)[C@@H](CCCCC#N)NC(=O)[C@@H](O)CC(C)C. The van der Waals surface area contributed by atoms with Crippen LogP contribution in [0.4, 0.5) is 0 Å². The molecule has 0 aromatic rings. The molecule has 2 atom stereocenters. The summed E-state index contributed by atoms with van der Waals surface area (Å²) in [5.41, 5.74) is 0. The highest BCUT2D eigenvalue weighted by Crippen LogP contribution is 2.08. The molecule has 6 nitrogen and oxygen atoms in total. The third-order valence-corrected chi connectivity index (χ3v) is 2.83. The lowest BCUT2D eigenvalue weighted by atomic mass is 10.0. The first-order valence-corrected chi connectivity index (χ1v) is 6.85. The highest BCUT2D eigenvalue weighted by atomic mass is 16.5. The van der Waals surface area contributed by atoms with E-state index >= 15 is 0 Å². The topological polar surface area (TPSA) is 99.4 Å². The average molecular weight is 284 g/mol. The molecule has 0 aliphatic carbocycles. The van der Waals surface area contributed by atoms with Crippen LogP contribution in [0.15, 0.2) is 0 Å². The highest BCUT2D eigenvalue weighted by molar-refractivity contribution is 5.86. The fourth-order valence-corrected chi connectivity index (χ4v) is 1.77. The van der Waals surface area contributed by atoms with E-state index in [-0.39, 0.29) is 5.92 Å². The Balaban J connectivity index is 4.38. The summed E-state index contributed by atoms with van der Waals surface area (Å²) in [6.07, 6.45) is 1.32. The van der Waals surface area contributed by atoms with E-state index in [2.05, 4.69) is 10.1 Å². The van der Waals surface area contributed by atoms with Gasteiger partial charge in [-0.15, -0.1) is 0 Å². The molecule has 1 amide bonds. The number of nitrogens with one attached hydrogen (secondary N) is 1. The van der Waals surface area contributed by atoms with Crippen LogP contribution in [0.5, 0.6) is 0 Å². The first-order chi connectivity index (χ1) is 9.42. The Bertz CT molecular complexity index is 350. The summed E-state index contributed by atoms with van der Waals surface area (Å²) in [5, 5.41) is 20.6. The summed E-state index contributed by atoms with van der Waals surface area (Å²) in [6.45, 7) is 3.80. The molecule has 0 spiro atoms. The summed E-state index contributed by atoms with van der Waals surface area (Å²) >= 11 is 0. The quantitative estimate of drug-likeness (QED) is 0.488. The Morgan fingerprint density at radius 2 is 2.00 bits per heavy atom. The first kappa shape index (κ1) is 18.4. The zero-order valence-electron chi connectivity index (χ0n) is 12.4. The largest absolute Gasteiger partial charge is 0.467 e. The minimum atomic E-state index is -1.12. The van der Waals surface area contributed by atoms with Crippen molar-refractivity contribution in [3.05, 3.63) is 0 Å². The van der Waals surface area contributed by atoms with Gasteiger partial charge in [0, 0.05) is 6.42 Å². The van der Waals surface area contributed by atoms with E-state index in [4.69, 9.17) is 5.26 Å². The minimum Gasteiger partial charge on any atom is -0.467 e. The van der Waals surface area contributed by atoms with Crippen molar-refractivity contribution in [3.8, 4) is 6.07 Å². The van der Waals surface area contributed by atoms with Gasteiger partial charge in [0.05, 0.1) is 13.2 Å². The van der Waals surface area contributed by atoms with Crippen LogP contribution in [0, 0.1) is 17.2 Å². The molecule has 0 aromatic heterocycles. The molecule has 20 heavy (non-hydrogen) atoms. The Morgan fingerprint density at radius 3 is 2.50 bits per heavy atom. The minimum absolute atomic E-state index is 0.183. The highest BCUT2D eigenvalue weighted by Gasteiger charge is 2.24. The molecule has 0 saturated carbocycles. The molecule has 0 heterocycles. The number of esters is 1. The summed E-state index contributed by atoms with van der Waals surface area (Å²) in [7, 11) is 1.25. The molecule has 0 fully saturated rings. The number of nitrogens with zero attached hydrogens (tertiary/aromatic N) is 1. The van der Waals surface area contributed by atoms with Crippen molar-refractivity contribution in [2.24, 2.45) is 5.92 Å². The second-order valence-corrected chi connectivity index (χ2v) is 5.13. The number of hydrogen-bond acceptors (Lipinski definition) is 5. The number of nitriles is 1. The van der Waals surface area contributed by atoms with Crippen LogP contribution in [-0.4, -0.2) is 36.2 Å². The molecule has 0 bridgehead atoms. The maximum Gasteiger partial charge on any atom is 0.328 e.